The summed E-state index contributed by atoms with van der Waals surface area (Å²) < 4.78 is 45.7. The minimum Gasteiger partial charge on any atom is -0.494 e. The van der Waals surface area contributed by atoms with Gasteiger partial charge in [-0.1, -0.05) is 55.0 Å². The second-order valence-electron chi connectivity index (χ2n) is 6.24. The summed E-state index contributed by atoms with van der Waals surface area (Å²) >= 11 is 0.791. The second-order valence-corrected chi connectivity index (χ2v) is 7.24. The quantitative estimate of drug-likeness (QED) is 0.459. The van der Waals surface area contributed by atoms with Crippen LogP contribution in [0.25, 0.3) is 10.4 Å². The van der Waals surface area contributed by atoms with Crippen LogP contribution in [0, 0.1) is 0 Å². The van der Waals surface area contributed by atoms with Gasteiger partial charge in [0.2, 0.25) is 0 Å². The fourth-order valence-corrected chi connectivity index (χ4v) is 3.54. The minimum atomic E-state index is -4.62. The SMILES string of the molecule is CCCCOc1ccc(C(=O)Nc2nc(C(F)(F)F)c(-c3ccccc3)s2)cc1. The van der Waals surface area contributed by atoms with E-state index in [0.29, 0.717) is 23.5 Å². The first-order valence-electron chi connectivity index (χ1n) is 9.06. The van der Waals surface area contributed by atoms with Gasteiger partial charge in [-0.3, -0.25) is 10.1 Å². The van der Waals surface area contributed by atoms with E-state index in [9.17, 15) is 18.0 Å². The van der Waals surface area contributed by atoms with Crippen LogP contribution in [0.15, 0.2) is 54.6 Å². The predicted octanol–water partition coefficient (Wildman–Crippen LogP) is 6.26. The molecule has 1 N–H and O–H groups in total. The molecule has 0 spiro atoms. The van der Waals surface area contributed by atoms with Gasteiger partial charge in [-0.25, -0.2) is 4.98 Å². The smallest absolute Gasteiger partial charge is 0.434 e. The molecule has 0 aliphatic rings. The number of ether oxygens (including phenoxy) is 1. The van der Waals surface area contributed by atoms with Crippen molar-refractivity contribution in [2.45, 2.75) is 25.9 Å². The molecule has 0 saturated carbocycles. The van der Waals surface area contributed by atoms with E-state index in [1.54, 1.807) is 54.6 Å². The average molecular weight is 420 g/mol. The summed E-state index contributed by atoms with van der Waals surface area (Å²) in [5.41, 5.74) is -0.312. The van der Waals surface area contributed by atoms with E-state index in [4.69, 9.17) is 4.74 Å². The molecule has 29 heavy (non-hydrogen) atoms. The van der Waals surface area contributed by atoms with Crippen LogP contribution in [0.3, 0.4) is 0 Å². The zero-order chi connectivity index (χ0) is 20.9. The van der Waals surface area contributed by atoms with Crippen molar-refractivity contribution in [3.63, 3.8) is 0 Å². The maximum absolute atomic E-state index is 13.4. The van der Waals surface area contributed by atoms with E-state index in [1.165, 1.54) is 0 Å². The molecule has 1 aromatic heterocycles. The predicted molar refractivity (Wildman–Crippen MR) is 107 cm³/mol. The van der Waals surface area contributed by atoms with E-state index >= 15 is 0 Å². The first kappa shape index (κ1) is 20.9. The van der Waals surface area contributed by atoms with Gasteiger partial charge in [0.1, 0.15) is 5.75 Å². The summed E-state index contributed by atoms with van der Waals surface area (Å²) in [5.74, 6) is 0.0992. The van der Waals surface area contributed by atoms with E-state index in [0.717, 1.165) is 24.2 Å². The van der Waals surface area contributed by atoms with Crippen LogP contribution >= 0.6 is 11.3 Å². The monoisotopic (exact) mass is 420 g/mol. The third-order valence-corrected chi connectivity index (χ3v) is 5.06. The van der Waals surface area contributed by atoms with Crippen molar-refractivity contribution in [1.82, 2.24) is 4.98 Å². The molecule has 4 nitrogen and oxygen atoms in total. The Morgan fingerprint density at radius 2 is 1.79 bits per heavy atom. The Labute approximate surface area is 170 Å². The molecule has 0 atom stereocenters. The topological polar surface area (TPSA) is 51.2 Å². The average Bonchev–Trinajstić information content (AvgIpc) is 3.14. The van der Waals surface area contributed by atoms with Gasteiger partial charge < -0.3 is 4.74 Å². The lowest BCUT2D eigenvalue weighted by molar-refractivity contribution is -0.140. The van der Waals surface area contributed by atoms with Crippen LogP contribution in [0.1, 0.15) is 35.8 Å². The maximum Gasteiger partial charge on any atom is 0.434 e. The van der Waals surface area contributed by atoms with Crippen LogP contribution in [0.2, 0.25) is 0 Å². The lowest BCUT2D eigenvalue weighted by atomic mass is 10.1. The number of alkyl halides is 3. The molecule has 8 heteroatoms. The van der Waals surface area contributed by atoms with Gasteiger partial charge in [0.25, 0.3) is 5.91 Å². The molecule has 1 amide bonds. The normalized spacial score (nSPS) is 11.3. The highest BCUT2D eigenvalue weighted by atomic mass is 32.1. The number of benzene rings is 2. The number of hydrogen-bond acceptors (Lipinski definition) is 4. The van der Waals surface area contributed by atoms with E-state index in [-0.39, 0.29) is 10.0 Å². The molecule has 2 aromatic carbocycles. The summed E-state index contributed by atoms with van der Waals surface area (Å²) in [7, 11) is 0. The van der Waals surface area contributed by atoms with E-state index in [1.807, 2.05) is 0 Å². The number of carbonyl (C=O) groups excluding carboxylic acids is 1. The number of carbonyl (C=O) groups is 1. The number of halogens is 3. The van der Waals surface area contributed by atoms with Gasteiger partial charge in [0.15, 0.2) is 10.8 Å². The third kappa shape index (κ3) is 5.35. The summed E-state index contributed by atoms with van der Waals surface area (Å²) in [5, 5.41) is 2.35. The van der Waals surface area contributed by atoms with Gasteiger partial charge in [-0.05, 0) is 36.2 Å². The fraction of sp³-hybridized carbons (Fsp3) is 0.238. The van der Waals surface area contributed by atoms with Gasteiger partial charge in [0.05, 0.1) is 11.5 Å². The number of aromatic nitrogens is 1. The highest BCUT2D eigenvalue weighted by Gasteiger charge is 2.38. The zero-order valence-corrected chi connectivity index (χ0v) is 16.4. The molecular formula is C21H19F3N2O2S. The number of thiazole rings is 1. The van der Waals surface area contributed by atoms with Crippen LogP contribution in [0.4, 0.5) is 18.3 Å². The highest BCUT2D eigenvalue weighted by molar-refractivity contribution is 7.19. The summed E-state index contributed by atoms with van der Waals surface area (Å²) in [4.78, 5) is 16.0. The Morgan fingerprint density at radius 3 is 2.41 bits per heavy atom. The van der Waals surface area contributed by atoms with Crippen LogP contribution in [-0.4, -0.2) is 17.5 Å². The Hall–Kier alpha value is -2.87. The van der Waals surface area contributed by atoms with Crippen molar-refractivity contribution >= 4 is 22.4 Å². The number of unbranched alkanes of at least 4 members (excludes halogenated alkanes) is 1. The molecule has 1 heterocycles. The molecule has 0 saturated heterocycles. The molecule has 3 rings (SSSR count). The molecule has 0 aliphatic carbocycles. The standard InChI is InChI=1S/C21H19F3N2O2S/c1-2-3-13-28-16-11-9-15(10-12-16)19(27)26-20-25-18(21(22,23)24)17(29-20)14-7-5-4-6-8-14/h4-12H,2-3,13H2,1H3,(H,25,26,27). The van der Waals surface area contributed by atoms with Crippen molar-refractivity contribution < 1.29 is 22.7 Å². The first-order chi connectivity index (χ1) is 13.9. The number of rotatable bonds is 7. The second kappa shape index (κ2) is 9.09. The van der Waals surface area contributed by atoms with Crippen molar-refractivity contribution in [3.8, 4) is 16.2 Å². The van der Waals surface area contributed by atoms with Crippen LogP contribution < -0.4 is 10.1 Å². The van der Waals surface area contributed by atoms with Crippen LogP contribution in [-0.2, 0) is 6.18 Å². The van der Waals surface area contributed by atoms with E-state index < -0.39 is 17.8 Å². The molecule has 3 aromatic rings. The maximum atomic E-state index is 13.4. The number of anilines is 1. The molecule has 0 unspecified atom stereocenters. The minimum absolute atomic E-state index is 0.0342. The number of nitrogens with one attached hydrogen (secondary N) is 1. The van der Waals surface area contributed by atoms with Crippen molar-refractivity contribution in [2.75, 3.05) is 11.9 Å². The van der Waals surface area contributed by atoms with Gasteiger partial charge >= 0.3 is 6.18 Å². The zero-order valence-electron chi connectivity index (χ0n) is 15.6. The molecule has 0 radical (unpaired) electrons. The molecular weight excluding hydrogens is 401 g/mol. The van der Waals surface area contributed by atoms with Crippen molar-refractivity contribution in [1.29, 1.82) is 0 Å². The Balaban J connectivity index is 1.78. The summed E-state index contributed by atoms with van der Waals surface area (Å²) in [6.07, 6.45) is -2.68. The molecule has 0 aliphatic heterocycles. The number of amides is 1. The van der Waals surface area contributed by atoms with Crippen molar-refractivity contribution in [2.24, 2.45) is 0 Å². The lowest BCUT2D eigenvalue weighted by Crippen LogP contribution is -2.12. The molecule has 152 valence electrons. The lowest BCUT2D eigenvalue weighted by Gasteiger charge is -2.06. The van der Waals surface area contributed by atoms with Crippen LogP contribution in [0.5, 0.6) is 5.75 Å². The van der Waals surface area contributed by atoms with E-state index in [2.05, 4.69) is 17.2 Å². The van der Waals surface area contributed by atoms with Gasteiger partial charge in [-0.15, -0.1) is 0 Å². The Morgan fingerprint density at radius 1 is 1.10 bits per heavy atom. The van der Waals surface area contributed by atoms with Crippen molar-refractivity contribution in [3.05, 3.63) is 65.9 Å². The summed E-state index contributed by atoms with van der Waals surface area (Å²) in [6, 6.07) is 14.6. The number of hydrogen-bond donors (Lipinski definition) is 1. The van der Waals surface area contributed by atoms with Gasteiger partial charge in [-0.2, -0.15) is 13.2 Å². The number of nitrogens with zero attached hydrogens (tertiary/aromatic N) is 1. The highest BCUT2D eigenvalue weighted by Crippen LogP contribution is 2.41. The first-order valence-corrected chi connectivity index (χ1v) is 9.87. The molecule has 0 fully saturated rings. The van der Waals surface area contributed by atoms with Gasteiger partial charge in [0, 0.05) is 5.56 Å². The Kier molecular flexibility index (Phi) is 6.53. The largest absolute Gasteiger partial charge is 0.494 e. The third-order valence-electron chi connectivity index (χ3n) is 4.04. The fourth-order valence-electron chi connectivity index (χ4n) is 2.56. The molecule has 0 bridgehead atoms. The summed E-state index contributed by atoms with van der Waals surface area (Å²) in [6.45, 7) is 2.65. The Bertz CT molecular complexity index is 954.